The molecule has 3 rings (SSSR count). The van der Waals surface area contributed by atoms with Crippen molar-refractivity contribution in [2.75, 3.05) is 19.6 Å². The molecule has 0 aliphatic carbocycles. The number of fused-ring (bicyclic) bond motifs is 1. The first-order valence-corrected chi connectivity index (χ1v) is 10.9. The van der Waals surface area contributed by atoms with Crippen LogP contribution in [0.2, 0.25) is 0 Å². The Morgan fingerprint density at radius 1 is 0.862 bits per heavy atom. The minimum absolute atomic E-state index is 0. The standard InChI is InChI=1S/C21H21BrN2O2S.2ClH/c22-19-12-10-17(11-13-19)5-4-14-23-15-16-24-27(25,26)21-9-3-7-18-6-1-2-8-20(18)21;;/h1-13,23-24H,14-16H2;2*1H/b5-4+;;. The van der Waals surface area contributed by atoms with Crippen LogP contribution in [0, 0.1) is 0 Å². The second-order valence-electron chi connectivity index (χ2n) is 6.03. The van der Waals surface area contributed by atoms with E-state index < -0.39 is 10.0 Å². The van der Waals surface area contributed by atoms with E-state index in [-0.39, 0.29) is 24.8 Å². The van der Waals surface area contributed by atoms with Crippen LogP contribution in [0.15, 0.2) is 82.2 Å². The van der Waals surface area contributed by atoms with Crippen LogP contribution >= 0.6 is 40.7 Å². The highest BCUT2D eigenvalue weighted by molar-refractivity contribution is 9.10. The summed E-state index contributed by atoms with van der Waals surface area (Å²) in [5, 5.41) is 4.85. The number of sulfonamides is 1. The van der Waals surface area contributed by atoms with Crippen molar-refractivity contribution in [2.24, 2.45) is 0 Å². The van der Waals surface area contributed by atoms with Crippen LogP contribution in [0.3, 0.4) is 0 Å². The second-order valence-corrected chi connectivity index (χ2v) is 8.68. The molecule has 8 heteroatoms. The fourth-order valence-corrected chi connectivity index (χ4v) is 4.26. The summed E-state index contributed by atoms with van der Waals surface area (Å²) in [4.78, 5) is 0.315. The maximum Gasteiger partial charge on any atom is 0.241 e. The van der Waals surface area contributed by atoms with Crippen molar-refractivity contribution >= 4 is 67.6 Å². The molecule has 0 heterocycles. The van der Waals surface area contributed by atoms with Crippen LogP contribution in [0.4, 0.5) is 0 Å². The summed E-state index contributed by atoms with van der Waals surface area (Å²) >= 11 is 3.41. The highest BCUT2D eigenvalue weighted by Gasteiger charge is 2.15. The summed E-state index contributed by atoms with van der Waals surface area (Å²) in [6.07, 6.45) is 4.04. The monoisotopic (exact) mass is 516 g/mol. The second kappa shape index (κ2) is 12.3. The molecule has 0 radical (unpaired) electrons. The van der Waals surface area contributed by atoms with Crippen LogP contribution in [-0.2, 0) is 10.0 Å². The molecule has 0 saturated heterocycles. The third-order valence-electron chi connectivity index (χ3n) is 4.08. The number of halogens is 3. The zero-order valence-electron chi connectivity index (χ0n) is 15.5. The minimum atomic E-state index is -3.54. The van der Waals surface area contributed by atoms with E-state index in [0.717, 1.165) is 20.8 Å². The van der Waals surface area contributed by atoms with Crippen LogP contribution < -0.4 is 10.0 Å². The Morgan fingerprint density at radius 2 is 1.55 bits per heavy atom. The Labute approximate surface area is 192 Å². The van der Waals surface area contributed by atoms with E-state index in [0.29, 0.717) is 24.5 Å². The molecule has 29 heavy (non-hydrogen) atoms. The van der Waals surface area contributed by atoms with Crippen molar-refractivity contribution in [3.8, 4) is 0 Å². The Morgan fingerprint density at radius 3 is 2.31 bits per heavy atom. The average Bonchev–Trinajstić information content (AvgIpc) is 2.68. The van der Waals surface area contributed by atoms with Crippen LogP contribution in [-0.4, -0.2) is 28.1 Å². The van der Waals surface area contributed by atoms with E-state index in [9.17, 15) is 8.42 Å². The fraction of sp³-hybridized carbons (Fsp3) is 0.143. The predicted octanol–water partition coefficient (Wildman–Crippen LogP) is 5.03. The fourth-order valence-electron chi connectivity index (χ4n) is 2.74. The zero-order chi connectivity index (χ0) is 19.1. The first-order valence-electron chi connectivity index (χ1n) is 8.66. The summed E-state index contributed by atoms with van der Waals surface area (Å²) in [7, 11) is -3.54. The van der Waals surface area contributed by atoms with Crippen molar-refractivity contribution < 1.29 is 8.42 Å². The molecule has 0 aromatic heterocycles. The molecule has 4 nitrogen and oxygen atoms in total. The maximum absolute atomic E-state index is 12.6. The molecule has 0 amide bonds. The first-order chi connectivity index (χ1) is 13.1. The quantitative estimate of drug-likeness (QED) is 0.412. The predicted molar refractivity (Wildman–Crippen MR) is 130 cm³/mol. The lowest BCUT2D eigenvalue weighted by molar-refractivity contribution is 0.579. The molecular weight excluding hydrogens is 495 g/mol. The van der Waals surface area contributed by atoms with Crippen molar-refractivity contribution in [1.82, 2.24) is 10.0 Å². The normalized spacial score (nSPS) is 11.2. The largest absolute Gasteiger partial charge is 0.312 e. The van der Waals surface area contributed by atoms with Gasteiger partial charge in [0.25, 0.3) is 0 Å². The van der Waals surface area contributed by atoms with Gasteiger partial charge < -0.3 is 5.32 Å². The van der Waals surface area contributed by atoms with Crippen LogP contribution in [0.5, 0.6) is 0 Å². The van der Waals surface area contributed by atoms with E-state index in [1.165, 1.54) is 0 Å². The Balaban J connectivity index is 0.00000210. The molecule has 0 atom stereocenters. The SMILES string of the molecule is Cl.Cl.O=S(=O)(NCCNC/C=C/c1ccc(Br)cc1)c1cccc2ccccc12. The van der Waals surface area contributed by atoms with Gasteiger partial charge in [-0.3, -0.25) is 0 Å². The minimum Gasteiger partial charge on any atom is -0.312 e. The maximum atomic E-state index is 12.6. The van der Waals surface area contributed by atoms with Crippen molar-refractivity contribution in [1.29, 1.82) is 0 Å². The van der Waals surface area contributed by atoms with Crippen LogP contribution in [0.25, 0.3) is 16.8 Å². The van der Waals surface area contributed by atoms with Gasteiger partial charge in [0.1, 0.15) is 0 Å². The topological polar surface area (TPSA) is 58.2 Å². The summed E-state index contributed by atoms with van der Waals surface area (Å²) in [6.45, 7) is 1.55. The van der Waals surface area contributed by atoms with Gasteiger partial charge in [0.05, 0.1) is 4.90 Å². The van der Waals surface area contributed by atoms with Gasteiger partial charge in [-0.05, 0) is 29.1 Å². The van der Waals surface area contributed by atoms with Gasteiger partial charge in [-0.1, -0.05) is 76.6 Å². The molecule has 3 aromatic rings. The third-order valence-corrected chi connectivity index (χ3v) is 6.12. The smallest absolute Gasteiger partial charge is 0.241 e. The molecule has 0 unspecified atom stereocenters. The summed E-state index contributed by atoms with van der Waals surface area (Å²) < 4.78 is 28.9. The summed E-state index contributed by atoms with van der Waals surface area (Å²) in [5.74, 6) is 0. The van der Waals surface area contributed by atoms with Crippen molar-refractivity contribution in [2.45, 2.75) is 4.90 Å². The number of nitrogens with one attached hydrogen (secondary N) is 2. The average molecular weight is 518 g/mol. The van der Waals surface area contributed by atoms with Gasteiger partial charge >= 0.3 is 0 Å². The van der Waals surface area contributed by atoms with Gasteiger partial charge in [0.15, 0.2) is 0 Å². The highest BCUT2D eigenvalue weighted by Crippen LogP contribution is 2.22. The van der Waals surface area contributed by atoms with E-state index in [2.05, 4.69) is 26.0 Å². The third kappa shape index (κ3) is 7.41. The lowest BCUT2D eigenvalue weighted by Crippen LogP contribution is -2.32. The molecule has 0 aliphatic rings. The highest BCUT2D eigenvalue weighted by atomic mass is 79.9. The molecule has 0 bridgehead atoms. The Bertz CT molecular complexity index is 1040. The molecule has 3 aromatic carbocycles. The molecule has 0 aliphatic heterocycles. The van der Waals surface area contributed by atoms with Crippen molar-refractivity contribution in [3.05, 3.63) is 82.8 Å². The van der Waals surface area contributed by atoms with Gasteiger partial charge in [-0.2, -0.15) is 0 Å². The van der Waals surface area contributed by atoms with Gasteiger partial charge in [-0.25, -0.2) is 13.1 Å². The Kier molecular flexibility index (Phi) is 10.9. The van der Waals surface area contributed by atoms with Crippen LogP contribution in [0.1, 0.15) is 5.56 Å². The lowest BCUT2D eigenvalue weighted by Gasteiger charge is -2.09. The lowest BCUT2D eigenvalue weighted by atomic mass is 10.1. The molecular formula is C21H23BrCl2N2O2S. The number of benzene rings is 3. The number of hydrogen-bond donors (Lipinski definition) is 2. The summed E-state index contributed by atoms with van der Waals surface area (Å²) in [5.41, 5.74) is 1.12. The van der Waals surface area contributed by atoms with Gasteiger partial charge in [0, 0.05) is 29.5 Å². The number of hydrogen-bond acceptors (Lipinski definition) is 3. The molecule has 2 N–H and O–H groups in total. The van der Waals surface area contributed by atoms with E-state index in [1.54, 1.807) is 12.1 Å². The Hall–Kier alpha value is -1.41. The first kappa shape index (κ1) is 25.6. The molecule has 156 valence electrons. The number of rotatable bonds is 8. The summed E-state index contributed by atoms with van der Waals surface area (Å²) in [6, 6.07) is 20.8. The van der Waals surface area contributed by atoms with Gasteiger partial charge in [0.2, 0.25) is 10.0 Å². The van der Waals surface area contributed by atoms with Crippen molar-refractivity contribution in [3.63, 3.8) is 0 Å². The molecule has 0 fully saturated rings. The molecule has 0 spiro atoms. The van der Waals surface area contributed by atoms with E-state index >= 15 is 0 Å². The van der Waals surface area contributed by atoms with E-state index in [4.69, 9.17) is 0 Å². The van der Waals surface area contributed by atoms with Gasteiger partial charge in [-0.15, -0.1) is 24.8 Å². The van der Waals surface area contributed by atoms with E-state index in [1.807, 2.05) is 66.7 Å². The molecule has 0 saturated carbocycles. The zero-order valence-corrected chi connectivity index (χ0v) is 19.6.